The van der Waals surface area contributed by atoms with Gasteiger partial charge >= 0.3 is 0 Å². The summed E-state index contributed by atoms with van der Waals surface area (Å²) < 4.78 is 4.25. The number of aryl methyl sites for hydroxylation is 1. The second kappa shape index (κ2) is 7.24. The van der Waals surface area contributed by atoms with E-state index in [1.54, 1.807) is 0 Å². The first-order chi connectivity index (χ1) is 13.8. The molecule has 2 aromatic rings. The number of hydrogen-bond acceptors (Lipinski definition) is 7. The molecule has 0 spiro atoms. The topological polar surface area (TPSA) is 105 Å². The molecule has 2 fully saturated rings. The van der Waals surface area contributed by atoms with Gasteiger partial charge in [-0.3, -0.25) is 0 Å². The Morgan fingerprint density at radius 3 is 2.71 bits per heavy atom. The van der Waals surface area contributed by atoms with Crippen LogP contribution in [0.3, 0.4) is 0 Å². The molecule has 2 saturated carbocycles. The summed E-state index contributed by atoms with van der Waals surface area (Å²) in [4.78, 5) is 0. The molecule has 0 atom stereocenters. The van der Waals surface area contributed by atoms with Crippen molar-refractivity contribution >= 4 is 17.3 Å². The molecule has 8 nitrogen and oxygen atoms in total. The monoisotopic (exact) mass is 397 g/mol. The number of thioether (sulfide) groups is 1. The largest absolute Gasteiger partial charge is 0.510 e. The second-order valence-corrected chi connectivity index (χ2v) is 8.78. The highest BCUT2D eigenvalue weighted by atomic mass is 32.2. The molecule has 0 bridgehead atoms. The van der Waals surface area contributed by atoms with Gasteiger partial charge in [0.05, 0.1) is 5.75 Å². The lowest BCUT2D eigenvalue weighted by atomic mass is 10.2. The van der Waals surface area contributed by atoms with Gasteiger partial charge < -0.3 is 14.2 Å². The summed E-state index contributed by atoms with van der Waals surface area (Å²) in [6.45, 7) is 0.796. The van der Waals surface area contributed by atoms with Gasteiger partial charge in [0, 0.05) is 24.9 Å². The number of allylic oxidation sites excluding steroid dienone is 1. The Balaban J connectivity index is 1.38. The van der Waals surface area contributed by atoms with E-state index in [1.807, 2.05) is 4.57 Å². The van der Waals surface area contributed by atoms with Gasteiger partial charge in [-0.1, -0.05) is 18.2 Å². The molecule has 1 N–H and O–H groups in total. The van der Waals surface area contributed by atoms with Crippen LogP contribution in [0.25, 0.3) is 5.57 Å². The average Bonchev–Trinajstić information content (AvgIpc) is 3.63. The molecular formula is C19H23N7OS. The molecule has 0 unspecified atom stereocenters. The van der Waals surface area contributed by atoms with Crippen LogP contribution >= 0.6 is 11.8 Å². The van der Waals surface area contributed by atoms with Crippen LogP contribution in [0.4, 0.5) is 0 Å². The third-order valence-corrected chi connectivity index (χ3v) is 6.57. The van der Waals surface area contributed by atoms with Crippen molar-refractivity contribution in [2.45, 2.75) is 75.0 Å². The van der Waals surface area contributed by atoms with Gasteiger partial charge in [0.2, 0.25) is 0 Å². The van der Waals surface area contributed by atoms with E-state index in [2.05, 4.69) is 31.0 Å². The molecule has 3 heterocycles. The van der Waals surface area contributed by atoms with Crippen molar-refractivity contribution in [3.63, 3.8) is 0 Å². The highest BCUT2D eigenvalue weighted by Gasteiger charge is 2.36. The molecule has 0 saturated heterocycles. The fourth-order valence-electron chi connectivity index (χ4n) is 3.80. The molecule has 5 rings (SSSR count). The van der Waals surface area contributed by atoms with Crippen LogP contribution in [0.15, 0.2) is 10.9 Å². The SMILES string of the molecule is N#C/C(=C(/O)CSc1nnc(C2CC2)n1C1CC1)c1nnc2n1CCCCC2. The Labute approximate surface area is 167 Å². The number of nitriles is 1. The quantitative estimate of drug-likeness (QED) is 0.452. The maximum absolute atomic E-state index is 10.7. The zero-order valence-corrected chi connectivity index (χ0v) is 16.5. The predicted molar refractivity (Wildman–Crippen MR) is 104 cm³/mol. The van der Waals surface area contributed by atoms with Gasteiger partial charge in [-0.15, -0.1) is 20.4 Å². The first-order valence-corrected chi connectivity index (χ1v) is 11.1. The molecule has 3 aliphatic rings. The van der Waals surface area contributed by atoms with E-state index >= 15 is 0 Å². The molecule has 9 heteroatoms. The van der Waals surface area contributed by atoms with Crippen molar-refractivity contribution in [3.05, 3.63) is 23.2 Å². The minimum atomic E-state index is 0.0327. The summed E-state index contributed by atoms with van der Waals surface area (Å²) in [5.74, 6) is 3.35. The van der Waals surface area contributed by atoms with Crippen LogP contribution in [0.2, 0.25) is 0 Å². The molecule has 0 aromatic carbocycles. The van der Waals surface area contributed by atoms with Crippen molar-refractivity contribution in [1.29, 1.82) is 5.26 Å². The van der Waals surface area contributed by atoms with Gasteiger partial charge in [0.15, 0.2) is 11.0 Å². The standard InChI is InChI=1S/C19H23N7OS/c20-10-14(18-23-21-16-4-2-1-3-9-25(16)18)15(27)11-28-19-24-22-17(12-5-6-12)26(19)13-7-8-13/h12-13,27H,1-9,11H2/b15-14-. The Morgan fingerprint density at radius 1 is 1.11 bits per heavy atom. The van der Waals surface area contributed by atoms with Gasteiger partial charge in [0.1, 0.15) is 29.1 Å². The van der Waals surface area contributed by atoms with Crippen LogP contribution in [0.1, 0.15) is 74.4 Å². The second-order valence-electron chi connectivity index (χ2n) is 7.84. The van der Waals surface area contributed by atoms with Gasteiger partial charge in [0.25, 0.3) is 0 Å². The van der Waals surface area contributed by atoms with E-state index in [-0.39, 0.29) is 17.1 Å². The number of aromatic nitrogens is 6. The summed E-state index contributed by atoms with van der Waals surface area (Å²) >= 11 is 1.44. The van der Waals surface area contributed by atoms with E-state index < -0.39 is 0 Å². The van der Waals surface area contributed by atoms with E-state index in [9.17, 15) is 10.4 Å². The zero-order valence-electron chi connectivity index (χ0n) is 15.7. The number of hydrogen-bond donors (Lipinski definition) is 1. The van der Waals surface area contributed by atoms with Crippen LogP contribution in [-0.4, -0.2) is 40.4 Å². The van der Waals surface area contributed by atoms with Crippen LogP contribution in [0.5, 0.6) is 0 Å². The minimum Gasteiger partial charge on any atom is -0.510 e. The smallest absolute Gasteiger partial charge is 0.191 e. The summed E-state index contributed by atoms with van der Waals surface area (Å²) in [6, 6.07) is 2.65. The summed E-state index contributed by atoms with van der Waals surface area (Å²) in [5, 5.41) is 38.4. The Hall–Kier alpha value is -2.34. The highest BCUT2D eigenvalue weighted by Crippen LogP contribution is 2.46. The molecule has 1 aliphatic heterocycles. The van der Waals surface area contributed by atoms with E-state index in [1.165, 1.54) is 37.4 Å². The fourth-order valence-corrected chi connectivity index (χ4v) is 4.69. The molecule has 146 valence electrons. The van der Waals surface area contributed by atoms with Crippen molar-refractivity contribution < 1.29 is 5.11 Å². The molecule has 2 aliphatic carbocycles. The Kier molecular flexibility index (Phi) is 4.59. The van der Waals surface area contributed by atoms with Crippen molar-refractivity contribution in [2.24, 2.45) is 0 Å². The van der Waals surface area contributed by atoms with Gasteiger partial charge in [-0.2, -0.15) is 5.26 Å². The maximum atomic E-state index is 10.7. The fraction of sp³-hybridized carbons (Fsp3) is 0.632. The van der Waals surface area contributed by atoms with Crippen LogP contribution < -0.4 is 0 Å². The number of rotatable bonds is 6. The first-order valence-electron chi connectivity index (χ1n) is 10.1. The third kappa shape index (κ3) is 3.30. The Bertz CT molecular complexity index is 962. The summed E-state index contributed by atoms with van der Waals surface area (Å²) in [7, 11) is 0. The van der Waals surface area contributed by atoms with Crippen molar-refractivity contribution in [1.82, 2.24) is 29.5 Å². The summed E-state index contributed by atoms with van der Waals surface area (Å²) in [5.41, 5.74) is 0.216. The molecule has 0 radical (unpaired) electrons. The predicted octanol–water partition coefficient (Wildman–Crippen LogP) is 3.39. The lowest BCUT2D eigenvalue weighted by molar-refractivity contribution is 0.419. The van der Waals surface area contributed by atoms with Crippen molar-refractivity contribution in [3.8, 4) is 6.07 Å². The maximum Gasteiger partial charge on any atom is 0.191 e. The molecular weight excluding hydrogens is 374 g/mol. The first kappa shape index (κ1) is 17.7. The summed E-state index contributed by atoms with van der Waals surface area (Å²) in [6.07, 6.45) is 8.87. The number of fused-ring (bicyclic) bond motifs is 1. The zero-order chi connectivity index (χ0) is 19.1. The number of aliphatic hydroxyl groups is 1. The molecule has 2 aromatic heterocycles. The van der Waals surface area contributed by atoms with E-state index in [4.69, 9.17) is 0 Å². The van der Waals surface area contributed by atoms with E-state index in [0.717, 1.165) is 49.0 Å². The minimum absolute atomic E-state index is 0.0327. The lowest BCUT2D eigenvalue weighted by Gasteiger charge is -2.09. The number of aliphatic hydroxyl groups excluding tert-OH is 1. The molecule has 28 heavy (non-hydrogen) atoms. The molecule has 0 amide bonds. The third-order valence-electron chi connectivity index (χ3n) is 5.62. The number of nitrogens with zero attached hydrogens (tertiary/aromatic N) is 7. The lowest BCUT2D eigenvalue weighted by Crippen LogP contribution is -2.07. The van der Waals surface area contributed by atoms with Gasteiger partial charge in [-0.25, -0.2) is 0 Å². The van der Waals surface area contributed by atoms with Gasteiger partial charge in [-0.05, 0) is 38.5 Å². The van der Waals surface area contributed by atoms with Crippen LogP contribution in [-0.2, 0) is 13.0 Å². The van der Waals surface area contributed by atoms with Crippen LogP contribution in [0, 0.1) is 11.3 Å². The van der Waals surface area contributed by atoms with E-state index in [0.29, 0.717) is 17.8 Å². The Morgan fingerprint density at radius 2 is 1.96 bits per heavy atom. The average molecular weight is 398 g/mol. The highest BCUT2D eigenvalue weighted by molar-refractivity contribution is 7.99. The normalized spacial score (nSPS) is 20.2. The van der Waals surface area contributed by atoms with Crippen molar-refractivity contribution in [2.75, 3.05) is 5.75 Å².